The summed E-state index contributed by atoms with van der Waals surface area (Å²) >= 11 is 0. The summed E-state index contributed by atoms with van der Waals surface area (Å²) in [7, 11) is 0. The van der Waals surface area contributed by atoms with Gasteiger partial charge >= 0.3 is 0 Å². The molecule has 0 aromatic carbocycles. The van der Waals surface area contributed by atoms with E-state index >= 15 is 0 Å². The van der Waals surface area contributed by atoms with Crippen molar-refractivity contribution >= 4 is 5.91 Å². The highest BCUT2D eigenvalue weighted by atomic mass is 17.3. The predicted octanol–water partition coefficient (Wildman–Crippen LogP) is 1.55. The van der Waals surface area contributed by atoms with E-state index in [1.165, 1.54) is 5.01 Å². The molecular formula is C15H24N2O4. The van der Waals surface area contributed by atoms with E-state index in [0.717, 1.165) is 25.7 Å². The molecule has 1 spiro atoms. The van der Waals surface area contributed by atoms with Crippen LogP contribution in [0.3, 0.4) is 0 Å². The van der Waals surface area contributed by atoms with E-state index in [0.29, 0.717) is 11.8 Å². The molecule has 0 radical (unpaired) electrons. The summed E-state index contributed by atoms with van der Waals surface area (Å²) in [5, 5.41) is 1.26. The van der Waals surface area contributed by atoms with Crippen LogP contribution in [0.25, 0.3) is 0 Å². The maximum absolute atomic E-state index is 12.5. The van der Waals surface area contributed by atoms with Crippen molar-refractivity contribution in [3.8, 4) is 0 Å². The third kappa shape index (κ3) is 1.59. The molecule has 5 fully saturated rings. The number of nitrogens with zero attached hydrogens (tertiary/aromatic N) is 1. The number of rotatable bonds is 0. The summed E-state index contributed by atoms with van der Waals surface area (Å²) in [6, 6.07) is 0. The van der Waals surface area contributed by atoms with E-state index in [1.54, 1.807) is 0 Å². The van der Waals surface area contributed by atoms with Crippen LogP contribution in [0.5, 0.6) is 0 Å². The quantitative estimate of drug-likeness (QED) is 0.417. The van der Waals surface area contributed by atoms with E-state index in [1.807, 2.05) is 13.8 Å². The number of hydrogen-bond donors (Lipinski definition) is 1. The number of amides is 1. The molecule has 0 aromatic heterocycles. The monoisotopic (exact) mass is 296 g/mol. The lowest BCUT2D eigenvalue weighted by molar-refractivity contribution is -0.548. The van der Waals surface area contributed by atoms with Gasteiger partial charge in [-0.1, -0.05) is 13.8 Å². The minimum absolute atomic E-state index is 0.0521. The van der Waals surface area contributed by atoms with Gasteiger partial charge < -0.3 is 4.74 Å². The first-order valence-electron chi connectivity index (χ1n) is 8.01. The molecule has 5 rings (SSSR count). The summed E-state index contributed by atoms with van der Waals surface area (Å²) in [5.41, 5.74) is -0.615. The molecular weight excluding hydrogens is 272 g/mol. The molecule has 1 saturated carbocycles. The fourth-order valence-electron chi connectivity index (χ4n) is 5.09. The second-order valence-electron chi connectivity index (χ2n) is 7.46. The third-order valence-corrected chi connectivity index (χ3v) is 6.30. The molecule has 4 saturated heterocycles. The average Bonchev–Trinajstić information content (AvgIpc) is 2.69. The largest absolute Gasteiger partial charge is 0.319 e. The fourth-order valence-corrected chi connectivity index (χ4v) is 5.09. The van der Waals surface area contributed by atoms with Gasteiger partial charge in [-0.3, -0.25) is 4.79 Å². The first kappa shape index (κ1) is 13.9. The third-order valence-electron chi connectivity index (χ3n) is 6.30. The lowest BCUT2D eigenvalue weighted by Crippen LogP contribution is -2.76. The van der Waals surface area contributed by atoms with Gasteiger partial charge in [0.1, 0.15) is 0 Å². The summed E-state index contributed by atoms with van der Waals surface area (Å²) in [6.45, 7) is 6.08. The Hall–Kier alpha value is -0.690. The minimum atomic E-state index is -0.810. The molecule has 1 amide bonds. The van der Waals surface area contributed by atoms with Crippen LogP contribution >= 0.6 is 0 Å². The summed E-state index contributed by atoms with van der Waals surface area (Å²) in [4.78, 5) is 24.2. The minimum Gasteiger partial charge on any atom is -0.319 e. The molecule has 1 aliphatic carbocycles. The van der Waals surface area contributed by atoms with E-state index in [9.17, 15) is 4.79 Å². The molecule has 6 nitrogen and oxygen atoms in total. The first-order chi connectivity index (χ1) is 9.89. The number of hydrogen-bond acceptors (Lipinski definition) is 5. The maximum Gasteiger partial charge on any atom is 0.242 e. The Morgan fingerprint density at radius 2 is 1.95 bits per heavy atom. The Kier molecular flexibility index (Phi) is 2.78. The van der Waals surface area contributed by atoms with Gasteiger partial charge in [0.25, 0.3) is 0 Å². The van der Waals surface area contributed by atoms with Gasteiger partial charge in [-0.25, -0.2) is 20.6 Å². The van der Waals surface area contributed by atoms with Gasteiger partial charge in [0, 0.05) is 18.3 Å². The first-order valence-corrected chi connectivity index (χ1v) is 8.01. The molecule has 4 aliphatic heterocycles. The van der Waals surface area contributed by atoms with Crippen molar-refractivity contribution in [2.24, 2.45) is 29.5 Å². The Morgan fingerprint density at radius 1 is 1.19 bits per heavy atom. The predicted molar refractivity (Wildman–Crippen MR) is 73.0 cm³/mol. The zero-order chi connectivity index (χ0) is 15.0. The van der Waals surface area contributed by atoms with E-state index in [2.05, 4.69) is 6.92 Å². The van der Waals surface area contributed by atoms with Crippen molar-refractivity contribution in [2.45, 2.75) is 64.1 Å². The van der Waals surface area contributed by atoms with Gasteiger partial charge in [0.05, 0.1) is 0 Å². The molecule has 7 atom stereocenters. The van der Waals surface area contributed by atoms with Crippen molar-refractivity contribution in [2.75, 3.05) is 0 Å². The molecule has 6 heteroatoms. The highest BCUT2D eigenvalue weighted by molar-refractivity contribution is 5.80. The van der Waals surface area contributed by atoms with Crippen molar-refractivity contribution in [1.82, 2.24) is 5.01 Å². The van der Waals surface area contributed by atoms with Crippen LogP contribution in [0.2, 0.25) is 0 Å². The molecule has 2 bridgehead atoms. The Morgan fingerprint density at radius 3 is 2.71 bits per heavy atom. The lowest BCUT2D eigenvalue weighted by atomic mass is 9.57. The average molecular weight is 296 g/mol. The number of nitrogens with two attached hydrogens (primary N) is 1. The highest BCUT2D eigenvalue weighted by Crippen LogP contribution is 2.59. The molecule has 1 unspecified atom stereocenters. The zero-order valence-corrected chi connectivity index (χ0v) is 12.9. The lowest BCUT2D eigenvalue weighted by Gasteiger charge is -2.60. The molecule has 2 N–H and O–H groups in total. The van der Waals surface area contributed by atoms with Crippen LogP contribution in [0.4, 0.5) is 0 Å². The number of ether oxygens (including phenoxy) is 1. The molecule has 5 aliphatic rings. The molecule has 0 aromatic rings. The second-order valence-corrected chi connectivity index (χ2v) is 7.46. The number of hydrazine groups is 1. The summed E-state index contributed by atoms with van der Waals surface area (Å²) < 4.78 is 6.14. The highest BCUT2D eigenvalue weighted by Gasteiger charge is 2.70. The van der Waals surface area contributed by atoms with Crippen LogP contribution in [-0.4, -0.2) is 28.5 Å². The van der Waals surface area contributed by atoms with Gasteiger partial charge in [-0.2, -0.15) is 0 Å². The smallest absolute Gasteiger partial charge is 0.242 e. The SMILES string of the molecule is C[C@@H]1CC[C@H]2[C@@H](C)C(=O)N(N)C3O[C@@]4(C)CC[C@@H]1[C@]32OO4. The van der Waals surface area contributed by atoms with Crippen LogP contribution in [0.15, 0.2) is 0 Å². The van der Waals surface area contributed by atoms with Gasteiger partial charge in [-0.15, -0.1) is 0 Å². The van der Waals surface area contributed by atoms with E-state index < -0.39 is 17.6 Å². The zero-order valence-electron chi connectivity index (χ0n) is 12.9. The summed E-state index contributed by atoms with van der Waals surface area (Å²) in [6.07, 6.45) is 3.29. The summed E-state index contributed by atoms with van der Waals surface area (Å²) in [5.74, 6) is 6.03. The second kappa shape index (κ2) is 4.19. The van der Waals surface area contributed by atoms with Crippen LogP contribution in [-0.2, 0) is 19.3 Å². The number of carbonyl (C=O) groups excluding carboxylic acids is 1. The van der Waals surface area contributed by atoms with Gasteiger partial charge in [0.2, 0.25) is 11.7 Å². The number of carbonyl (C=O) groups is 1. The van der Waals surface area contributed by atoms with Crippen molar-refractivity contribution in [3.05, 3.63) is 0 Å². The van der Waals surface area contributed by atoms with Crippen molar-refractivity contribution < 1.29 is 19.3 Å². The number of piperidine rings is 1. The molecule has 4 heterocycles. The van der Waals surface area contributed by atoms with Crippen LogP contribution < -0.4 is 5.84 Å². The fraction of sp³-hybridized carbons (Fsp3) is 0.933. The normalized spacial score (nSPS) is 56.1. The maximum atomic E-state index is 12.5. The van der Waals surface area contributed by atoms with Crippen LogP contribution in [0, 0.1) is 23.7 Å². The number of fused-ring (bicyclic) bond motifs is 2. The van der Waals surface area contributed by atoms with Gasteiger partial charge in [-0.05, 0) is 38.0 Å². The molecule has 118 valence electrons. The Labute approximate surface area is 124 Å². The van der Waals surface area contributed by atoms with Gasteiger partial charge in [0.15, 0.2) is 11.8 Å². The Bertz CT molecular complexity index is 486. The van der Waals surface area contributed by atoms with E-state index in [4.69, 9.17) is 20.4 Å². The van der Waals surface area contributed by atoms with Crippen LogP contribution in [0.1, 0.15) is 46.5 Å². The van der Waals surface area contributed by atoms with E-state index in [-0.39, 0.29) is 17.7 Å². The van der Waals surface area contributed by atoms with Crippen molar-refractivity contribution in [1.29, 1.82) is 0 Å². The molecule has 21 heavy (non-hydrogen) atoms. The van der Waals surface area contributed by atoms with Crippen molar-refractivity contribution in [3.63, 3.8) is 0 Å². The standard InChI is InChI=1S/C15H24N2O4/c1-8-4-5-11-9(2)12(18)17(16)13-15(11)10(8)6-7-14(3,19-13)20-21-15/h8-11,13H,4-7,16H2,1-3H3/t8-,9-,10+,11+,13?,14-,15-/m1/s1. The topological polar surface area (TPSA) is 74.0 Å². The Balaban J connectivity index is 1.87.